The van der Waals surface area contributed by atoms with Crippen molar-refractivity contribution in [1.29, 1.82) is 5.26 Å². The van der Waals surface area contributed by atoms with Crippen molar-refractivity contribution in [3.8, 4) is 6.07 Å². The van der Waals surface area contributed by atoms with Gasteiger partial charge in [-0.2, -0.15) is 23.3 Å². The van der Waals surface area contributed by atoms with Crippen molar-refractivity contribution in [2.75, 3.05) is 18.4 Å². The topological polar surface area (TPSA) is 136 Å². The van der Waals surface area contributed by atoms with Gasteiger partial charge >= 0.3 is 5.76 Å². The number of nitriles is 1. The Kier molecular flexibility index (Phi) is 5.30. The van der Waals surface area contributed by atoms with Crippen molar-refractivity contribution in [3.63, 3.8) is 0 Å². The van der Waals surface area contributed by atoms with Gasteiger partial charge in [-0.3, -0.25) is 10.1 Å². The van der Waals surface area contributed by atoms with Crippen LogP contribution in [0, 0.1) is 17.2 Å². The van der Waals surface area contributed by atoms with E-state index in [-0.39, 0.29) is 43.3 Å². The van der Waals surface area contributed by atoms with Gasteiger partial charge in [-0.15, -0.1) is 5.10 Å². The largest absolute Gasteiger partial charge is 0.350 e. The van der Waals surface area contributed by atoms with Crippen LogP contribution in [0.1, 0.15) is 31.9 Å². The van der Waals surface area contributed by atoms with E-state index in [0.717, 1.165) is 18.4 Å². The van der Waals surface area contributed by atoms with Gasteiger partial charge in [0.1, 0.15) is 0 Å². The van der Waals surface area contributed by atoms with Crippen molar-refractivity contribution in [3.05, 3.63) is 30.1 Å². The summed E-state index contributed by atoms with van der Waals surface area (Å²) >= 11 is 0. The standard InChI is InChI=1S/C20H22F2N8O3S/c1-12-14(9-29(26-12)20(7-8-23)10-28(11-20)34(32,33)18(21)22)15-3-2-4-16-24-19(27-30(15)16)25-17(31)13-5-6-13/h2-4,9,12-13,18,26H,5-7,10-11H2,1H3,(H,25,27,31). The van der Waals surface area contributed by atoms with Crippen molar-refractivity contribution in [1.82, 2.24) is 29.3 Å². The first-order valence-corrected chi connectivity index (χ1v) is 12.2. The number of rotatable bonds is 7. The summed E-state index contributed by atoms with van der Waals surface area (Å²) in [5.74, 6) is -3.41. The number of hydrogen-bond donors (Lipinski definition) is 2. The zero-order chi connectivity index (χ0) is 24.3. The first-order valence-electron chi connectivity index (χ1n) is 10.7. The highest BCUT2D eigenvalue weighted by Gasteiger charge is 2.54. The average Bonchev–Trinajstić information content (AvgIpc) is 3.42. The highest BCUT2D eigenvalue weighted by molar-refractivity contribution is 7.89. The molecule has 2 aromatic heterocycles. The number of nitrogens with zero attached hydrogens (tertiary/aromatic N) is 6. The lowest BCUT2D eigenvalue weighted by atomic mass is 9.88. The highest BCUT2D eigenvalue weighted by atomic mass is 32.2. The summed E-state index contributed by atoms with van der Waals surface area (Å²) in [7, 11) is -4.72. The number of sulfonamides is 1. The number of amides is 1. The summed E-state index contributed by atoms with van der Waals surface area (Å²) in [5, 5.41) is 18.1. The molecular weight excluding hydrogens is 470 g/mol. The van der Waals surface area contributed by atoms with Crippen molar-refractivity contribution >= 4 is 33.1 Å². The molecular formula is C20H22F2N8O3S. The van der Waals surface area contributed by atoms with E-state index in [1.807, 2.05) is 19.1 Å². The second-order valence-electron chi connectivity index (χ2n) is 8.82. The molecule has 1 aliphatic carbocycles. The van der Waals surface area contributed by atoms with Crippen LogP contribution in [-0.2, 0) is 14.8 Å². The Morgan fingerprint density at radius 1 is 1.38 bits per heavy atom. The molecule has 14 heteroatoms. The molecule has 5 rings (SSSR count). The van der Waals surface area contributed by atoms with Crippen molar-refractivity contribution < 1.29 is 22.0 Å². The van der Waals surface area contributed by atoms with Crippen LogP contribution in [-0.4, -0.2) is 68.7 Å². The third kappa shape index (κ3) is 3.69. The fourth-order valence-corrected chi connectivity index (χ4v) is 5.33. The van der Waals surface area contributed by atoms with Gasteiger partial charge in [-0.25, -0.2) is 18.4 Å². The Bertz CT molecular complexity index is 1330. The smallest absolute Gasteiger partial charge is 0.305 e. The maximum absolute atomic E-state index is 12.9. The van der Waals surface area contributed by atoms with E-state index in [4.69, 9.17) is 0 Å². The fraction of sp³-hybridized carbons (Fsp3) is 0.500. The molecule has 4 heterocycles. The minimum Gasteiger partial charge on any atom is -0.305 e. The molecule has 1 amide bonds. The van der Waals surface area contributed by atoms with Gasteiger partial charge in [-0.05, 0) is 31.9 Å². The quantitative estimate of drug-likeness (QED) is 0.588. The summed E-state index contributed by atoms with van der Waals surface area (Å²) < 4.78 is 51.8. The maximum atomic E-state index is 12.9. The predicted octanol–water partition coefficient (Wildman–Crippen LogP) is 1.15. The van der Waals surface area contributed by atoms with Crippen LogP contribution in [0.2, 0.25) is 0 Å². The second-order valence-corrected chi connectivity index (χ2v) is 10.7. The monoisotopic (exact) mass is 492 g/mol. The average molecular weight is 493 g/mol. The van der Waals surface area contributed by atoms with Crippen LogP contribution in [0.4, 0.5) is 14.7 Å². The van der Waals surface area contributed by atoms with Crippen LogP contribution in [0.5, 0.6) is 0 Å². The van der Waals surface area contributed by atoms with E-state index < -0.39 is 21.3 Å². The molecule has 180 valence electrons. The van der Waals surface area contributed by atoms with Gasteiger partial charge in [0.05, 0.1) is 29.8 Å². The summed E-state index contributed by atoms with van der Waals surface area (Å²) in [5.41, 5.74) is 4.22. The second kappa shape index (κ2) is 7.97. The predicted molar refractivity (Wildman–Crippen MR) is 116 cm³/mol. The molecule has 1 atom stereocenters. The van der Waals surface area contributed by atoms with Gasteiger partial charge in [0, 0.05) is 30.8 Å². The normalized spacial score (nSPS) is 22.5. The first-order chi connectivity index (χ1) is 16.1. The lowest BCUT2D eigenvalue weighted by molar-refractivity contribution is -0.117. The number of hydrazine groups is 1. The lowest BCUT2D eigenvalue weighted by Gasteiger charge is -2.52. The molecule has 1 saturated heterocycles. The third-order valence-electron chi connectivity index (χ3n) is 6.35. The van der Waals surface area contributed by atoms with Crippen LogP contribution >= 0.6 is 0 Å². The van der Waals surface area contributed by atoms with Gasteiger partial charge in [0.2, 0.25) is 11.9 Å². The molecule has 2 N–H and O–H groups in total. The molecule has 0 radical (unpaired) electrons. The summed E-state index contributed by atoms with van der Waals surface area (Å²) in [6, 6.07) is 7.16. The Balaban J connectivity index is 1.43. The van der Waals surface area contributed by atoms with E-state index >= 15 is 0 Å². The number of alkyl halides is 2. The number of carbonyl (C=O) groups excluding carboxylic acids is 1. The van der Waals surface area contributed by atoms with E-state index in [1.165, 1.54) is 0 Å². The van der Waals surface area contributed by atoms with Gasteiger partial charge in [-0.1, -0.05) is 6.07 Å². The molecule has 0 spiro atoms. The molecule has 0 bridgehead atoms. The molecule has 1 saturated carbocycles. The Morgan fingerprint density at radius 3 is 2.76 bits per heavy atom. The zero-order valence-corrected chi connectivity index (χ0v) is 19.0. The van der Waals surface area contributed by atoms with Gasteiger partial charge in [0.15, 0.2) is 5.65 Å². The van der Waals surface area contributed by atoms with Crippen molar-refractivity contribution in [2.45, 2.75) is 43.5 Å². The number of carbonyl (C=O) groups is 1. The highest BCUT2D eigenvalue weighted by Crippen LogP contribution is 2.38. The molecule has 11 nitrogen and oxygen atoms in total. The third-order valence-corrected chi connectivity index (χ3v) is 7.78. The van der Waals surface area contributed by atoms with E-state index in [1.54, 1.807) is 27.9 Å². The number of aromatic nitrogens is 3. The molecule has 0 aromatic carbocycles. The fourth-order valence-electron chi connectivity index (χ4n) is 4.26. The van der Waals surface area contributed by atoms with Crippen LogP contribution in [0.3, 0.4) is 0 Å². The Labute approximate surface area is 194 Å². The zero-order valence-electron chi connectivity index (χ0n) is 18.1. The summed E-state index contributed by atoms with van der Waals surface area (Å²) in [6.07, 6.45) is 3.40. The minimum atomic E-state index is -4.72. The number of halogens is 2. The van der Waals surface area contributed by atoms with E-state index in [0.29, 0.717) is 15.6 Å². The summed E-state index contributed by atoms with van der Waals surface area (Å²) in [4.78, 5) is 16.5. The van der Waals surface area contributed by atoms with Crippen LogP contribution in [0.25, 0.3) is 11.2 Å². The van der Waals surface area contributed by atoms with E-state index in [9.17, 15) is 27.3 Å². The lowest BCUT2D eigenvalue weighted by Crippen LogP contribution is -2.72. The van der Waals surface area contributed by atoms with Gasteiger partial charge in [0.25, 0.3) is 10.0 Å². The SMILES string of the molecule is CC1NN(C2(CC#N)CN(S(=O)(=O)C(F)F)C2)C=C1c1cccc2nc(NC(=O)C3CC3)nn12. The van der Waals surface area contributed by atoms with Crippen LogP contribution < -0.4 is 10.7 Å². The molecule has 3 aliphatic rings. The van der Waals surface area contributed by atoms with Crippen molar-refractivity contribution in [2.24, 2.45) is 5.92 Å². The van der Waals surface area contributed by atoms with Crippen LogP contribution in [0.15, 0.2) is 24.4 Å². The molecule has 2 aliphatic heterocycles. The number of pyridine rings is 1. The van der Waals surface area contributed by atoms with Gasteiger partial charge < -0.3 is 5.01 Å². The van der Waals surface area contributed by atoms with E-state index in [2.05, 4.69) is 20.8 Å². The number of nitrogens with one attached hydrogen (secondary N) is 2. The Hall–Kier alpha value is -3.15. The maximum Gasteiger partial charge on any atom is 0.350 e. The number of anilines is 1. The first kappa shape index (κ1) is 22.6. The number of hydrogen-bond acceptors (Lipinski definition) is 8. The minimum absolute atomic E-state index is 0.00801. The molecule has 2 aromatic rings. The number of fused-ring (bicyclic) bond motifs is 1. The molecule has 2 fully saturated rings. The molecule has 34 heavy (non-hydrogen) atoms. The summed E-state index contributed by atoms with van der Waals surface area (Å²) in [6.45, 7) is 1.41. The Morgan fingerprint density at radius 2 is 2.12 bits per heavy atom. The molecule has 1 unspecified atom stereocenters.